The number of nitrogens with one attached hydrogen (secondary N) is 3. The highest BCUT2D eigenvalue weighted by Crippen LogP contribution is 2.17. The van der Waals surface area contributed by atoms with Crippen LogP contribution in [0.15, 0.2) is 46.0 Å². The summed E-state index contributed by atoms with van der Waals surface area (Å²) in [6, 6.07) is 9.28. The fourth-order valence-electron chi connectivity index (χ4n) is 2.46. The predicted octanol–water partition coefficient (Wildman–Crippen LogP) is 1.18. The third-order valence-electron chi connectivity index (χ3n) is 3.80. The predicted molar refractivity (Wildman–Crippen MR) is 111 cm³/mol. The molecule has 1 saturated heterocycles. The van der Waals surface area contributed by atoms with E-state index in [1.807, 2.05) is 30.3 Å². The van der Waals surface area contributed by atoms with E-state index in [0.29, 0.717) is 24.9 Å². The van der Waals surface area contributed by atoms with Gasteiger partial charge in [-0.3, -0.25) is 14.7 Å². The van der Waals surface area contributed by atoms with Crippen molar-refractivity contribution >= 4 is 41.9 Å². The number of hydrogen-bond acceptors (Lipinski definition) is 5. The van der Waals surface area contributed by atoms with E-state index in [2.05, 4.69) is 25.9 Å². The summed E-state index contributed by atoms with van der Waals surface area (Å²) < 4.78 is 5.49. The molecule has 1 aliphatic heterocycles. The Kier molecular flexibility index (Phi) is 7.58. The number of hydrogen-bond donors (Lipinski definition) is 3. The number of imide groups is 1. The lowest BCUT2D eigenvalue weighted by Crippen LogP contribution is -2.43. The van der Waals surface area contributed by atoms with Gasteiger partial charge in [-0.25, -0.2) is 9.78 Å². The van der Waals surface area contributed by atoms with Crippen molar-refractivity contribution in [1.82, 2.24) is 25.8 Å². The zero-order chi connectivity index (χ0) is 18.4. The zero-order valence-electron chi connectivity index (χ0n) is 14.8. The van der Waals surface area contributed by atoms with Gasteiger partial charge in [-0.1, -0.05) is 18.2 Å². The molecule has 144 valence electrons. The van der Waals surface area contributed by atoms with Gasteiger partial charge in [0.1, 0.15) is 6.26 Å². The van der Waals surface area contributed by atoms with E-state index < -0.39 is 0 Å². The molecule has 0 radical (unpaired) electrons. The molecule has 3 N–H and O–H groups in total. The fourth-order valence-corrected chi connectivity index (χ4v) is 2.46. The zero-order valence-corrected chi connectivity index (χ0v) is 17.1. The number of carbonyl (C=O) groups is 2. The van der Waals surface area contributed by atoms with Crippen molar-refractivity contribution in [1.29, 1.82) is 0 Å². The first-order chi connectivity index (χ1) is 12.7. The molecule has 2 heterocycles. The first-order valence-corrected chi connectivity index (χ1v) is 8.20. The summed E-state index contributed by atoms with van der Waals surface area (Å²) in [6.45, 7) is 1.15. The standard InChI is InChI=1S/C17H20N6O3.HI/c1-18-16(19-7-8-23-14(24)10-21-17(23)25)20-9-13-11-26-15(22-13)12-5-3-2-4-6-12;/h2-6,11H,7-10H2,1H3,(H,21,25)(H2,18,19,20);1H. The molecule has 0 aliphatic carbocycles. The van der Waals surface area contributed by atoms with Crippen molar-refractivity contribution in [2.75, 3.05) is 26.7 Å². The second-order valence-corrected chi connectivity index (χ2v) is 5.57. The molecule has 0 atom stereocenters. The van der Waals surface area contributed by atoms with Crippen LogP contribution < -0.4 is 16.0 Å². The number of halogens is 1. The van der Waals surface area contributed by atoms with Crippen LogP contribution in [0.2, 0.25) is 0 Å². The fraction of sp³-hybridized carbons (Fsp3) is 0.294. The molecular weight excluding hydrogens is 463 g/mol. The number of aliphatic imine (C=N–C) groups is 1. The molecular formula is C17H21IN6O3. The summed E-state index contributed by atoms with van der Waals surface area (Å²) in [5.41, 5.74) is 1.65. The van der Waals surface area contributed by atoms with E-state index in [1.54, 1.807) is 13.3 Å². The Morgan fingerprint density at radius 2 is 2.07 bits per heavy atom. The lowest BCUT2D eigenvalue weighted by Gasteiger charge is -2.15. The Hall–Kier alpha value is -2.63. The summed E-state index contributed by atoms with van der Waals surface area (Å²) in [5.74, 6) is 0.876. The Balaban J connectivity index is 0.00000261. The largest absolute Gasteiger partial charge is 0.444 e. The highest BCUT2D eigenvalue weighted by atomic mass is 127. The lowest BCUT2D eigenvalue weighted by atomic mass is 10.2. The highest BCUT2D eigenvalue weighted by molar-refractivity contribution is 14.0. The quantitative estimate of drug-likeness (QED) is 0.246. The van der Waals surface area contributed by atoms with Crippen LogP contribution in [-0.2, 0) is 11.3 Å². The van der Waals surface area contributed by atoms with Crippen molar-refractivity contribution in [2.24, 2.45) is 4.99 Å². The van der Waals surface area contributed by atoms with Gasteiger partial charge in [-0.15, -0.1) is 24.0 Å². The molecule has 3 rings (SSSR count). The first-order valence-electron chi connectivity index (χ1n) is 8.20. The van der Waals surface area contributed by atoms with Gasteiger partial charge < -0.3 is 20.4 Å². The van der Waals surface area contributed by atoms with Gasteiger partial charge >= 0.3 is 6.03 Å². The van der Waals surface area contributed by atoms with Crippen molar-refractivity contribution < 1.29 is 14.0 Å². The molecule has 0 saturated carbocycles. The minimum absolute atomic E-state index is 0. The number of urea groups is 1. The van der Waals surface area contributed by atoms with Gasteiger partial charge in [0.25, 0.3) is 0 Å². The van der Waals surface area contributed by atoms with Gasteiger partial charge in [-0.05, 0) is 12.1 Å². The van der Waals surface area contributed by atoms with Crippen LogP contribution >= 0.6 is 24.0 Å². The normalized spacial score (nSPS) is 14.0. The van der Waals surface area contributed by atoms with Crippen LogP contribution in [0.3, 0.4) is 0 Å². The van der Waals surface area contributed by atoms with Crippen molar-refractivity contribution in [3.8, 4) is 11.5 Å². The number of nitrogens with zero attached hydrogens (tertiary/aromatic N) is 3. The molecule has 1 fully saturated rings. The van der Waals surface area contributed by atoms with Crippen molar-refractivity contribution in [3.63, 3.8) is 0 Å². The number of amides is 3. The van der Waals surface area contributed by atoms with Gasteiger partial charge in [-0.2, -0.15) is 0 Å². The number of rotatable bonds is 6. The SMILES string of the molecule is CN=C(NCCN1C(=O)CNC1=O)NCc1coc(-c2ccccc2)n1.I. The van der Waals surface area contributed by atoms with Crippen LogP contribution in [0, 0.1) is 0 Å². The van der Waals surface area contributed by atoms with E-state index in [-0.39, 0.29) is 49.0 Å². The molecule has 27 heavy (non-hydrogen) atoms. The highest BCUT2D eigenvalue weighted by Gasteiger charge is 2.27. The topological polar surface area (TPSA) is 112 Å². The molecule has 3 amide bonds. The first kappa shape index (κ1) is 20.7. The Morgan fingerprint density at radius 1 is 1.30 bits per heavy atom. The van der Waals surface area contributed by atoms with Crippen LogP contribution in [0.5, 0.6) is 0 Å². The molecule has 9 nitrogen and oxygen atoms in total. The summed E-state index contributed by atoms with van der Waals surface area (Å²) in [7, 11) is 1.64. The monoisotopic (exact) mass is 484 g/mol. The van der Waals surface area contributed by atoms with E-state index in [4.69, 9.17) is 4.42 Å². The Labute approximate surface area is 173 Å². The molecule has 0 unspecified atom stereocenters. The maximum absolute atomic E-state index is 11.5. The molecule has 1 aromatic heterocycles. The molecule has 1 aliphatic rings. The maximum Gasteiger partial charge on any atom is 0.324 e. The van der Waals surface area contributed by atoms with Crippen LogP contribution in [-0.4, -0.2) is 54.5 Å². The summed E-state index contributed by atoms with van der Waals surface area (Å²) in [6.07, 6.45) is 1.59. The number of aromatic nitrogens is 1. The smallest absolute Gasteiger partial charge is 0.324 e. The van der Waals surface area contributed by atoms with Gasteiger partial charge in [0.2, 0.25) is 11.8 Å². The molecule has 1 aromatic carbocycles. The summed E-state index contributed by atoms with van der Waals surface area (Å²) in [4.78, 5) is 32.7. The number of carbonyl (C=O) groups excluding carboxylic acids is 2. The van der Waals surface area contributed by atoms with Gasteiger partial charge in [0, 0.05) is 25.7 Å². The second-order valence-electron chi connectivity index (χ2n) is 5.57. The third-order valence-corrected chi connectivity index (χ3v) is 3.80. The molecule has 0 spiro atoms. The Bertz CT molecular complexity index is 792. The Morgan fingerprint density at radius 3 is 2.74 bits per heavy atom. The molecule has 10 heteroatoms. The minimum Gasteiger partial charge on any atom is -0.444 e. The van der Waals surface area contributed by atoms with E-state index in [0.717, 1.165) is 11.3 Å². The maximum atomic E-state index is 11.5. The number of oxazole rings is 1. The second kappa shape index (κ2) is 9.90. The number of guanidine groups is 1. The molecule has 0 bridgehead atoms. The number of benzene rings is 1. The minimum atomic E-state index is -0.365. The van der Waals surface area contributed by atoms with Crippen molar-refractivity contribution in [3.05, 3.63) is 42.3 Å². The van der Waals surface area contributed by atoms with Gasteiger partial charge in [0.15, 0.2) is 5.96 Å². The van der Waals surface area contributed by atoms with Crippen LogP contribution in [0.4, 0.5) is 4.79 Å². The average Bonchev–Trinajstić information content (AvgIpc) is 3.26. The van der Waals surface area contributed by atoms with Crippen LogP contribution in [0.25, 0.3) is 11.5 Å². The average molecular weight is 484 g/mol. The summed E-state index contributed by atoms with van der Waals surface area (Å²) in [5, 5.41) is 8.64. The molecule has 2 aromatic rings. The van der Waals surface area contributed by atoms with E-state index in [9.17, 15) is 9.59 Å². The van der Waals surface area contributed by atoms with Crippen LogP contribution in [0.1, 0.15) is 5.69 Å². The summed E-state index contributed by atoms with van der Waals surface area (Å²) >= 11 is 0. The van der Waals surface area contributed by atoms with Gasteiger partial charge in [0.05, 0.1) is 18.8 Å². The third kappa shape index (κ3) is 5.42. The van der Waals surface area contributed by atoms with E-state index in [1.165, 1.54) is 4.90 Å². The van der Waals surface area contributed by atoms with Crippen molar-refractivity contribution in [2.45, 2.75) is 6.54 Å². The lowest BCUT2D eigenvalue weighted by molar-refractivity contribution is -0.124. The van der Waals surface area contributed by atoms with E-state index >= 15 is 0 Å².